The third-order valence-corrected chi connectivity index (χ3v) is 4.16. The van der Waals surface area contributed by atoms with Gasteiger partial charge in [-0.2, -0.15) is 0 Å². The van der Waals surface area contributed by atoms with Crippen LogP contribution in [0.4, 0.5) is 5.69 Å². The predicted molar refractivity (Wildman–Crippen MR) is 90.0 cm³/mol. The summed E-state index contributed by atoms with van der Waals surface area (Å²) in [7, 11) is 1.82. The monoisotopic (exact) mass is 290 g/mol. The third-order valence-electron chi connectivity index (χ3n) is 4.16. The summed E-state index contributed by atoms with van der Waals surface area (Å²) in [5.74, 6) is 0. The van der Waals surface area contributed by atoms with Gasteiger partial charge in [0.1, 0.15) is 0 Å². The van der Waals surface area contributed by atoms with Gasteiger partial charge in [0.15, 0.2) is 0 Å². The van der Waals surface area contributed by atoms with E-state index in [1.54, 1.807) is 0 Å². The van der Waals surface area contributed by atoms with Gasteiger partial charge in [-0.3, -0.25) is 0 Å². The van der Waals surface area contributed by atoms with E-state index in [1.165, 1.54) is 16.8 Å². The largest absolute Gasteiger partial charge is 0.381 e. The van der Waals surface area contributed by atoms with Crippen LogP contribution in [-0.4, -0.2) is 31.8 Å². The van der Waals surface area contributed by atoms with Crippen LogP contribution in [0.15, 0.2) is 18.2 Å². The topological polar surface area (TPSA) is 24.5 Å². The van der Waals surface area contributed by atoms with Crippen molar-refractivity contribution < 1.29 is 4.74 Å². The number of anilines is 1. The SMILES string of the molecule is COC1CCN(c2ccc(C)cc2CNC(C)(C)C)CC1. The minimum Gasteiger partial charge on any atom is -0.381 e. The number of aryl methyl sites for hydroxylation is 1. The standard InChI is InChI=1S/C18H30N2O/c1-14-6-7-17(15(12-14)13-19-18(2,3)4)20-10-8-16(21-5)9-11-20/h6-7,12,16,19H,8-11,13H2,1-5H3. The first-order valence-electron chi connectivity index (χ1n) is 8.01. The number of rotatable bonds is 4. The Labute approximate surface area is 129 Å². The normalized spacial score (nSPS) is 17.3. The van der Waals surface area contributed by atoms with Crippen LogP contribution < -0.4 is 10.2 Å². The molecule has 0 aliphatic carbocycles. The van der Waals surface area contributed by atoms with E-state index < -0.39 is 0 Å². The van der Waals surface area contributed by atoms with E-state index in [4.69, 9.17) is 4.74 Å². The van der Waals surface area contributed by atoms with Crippen molar-refractivity contribution in [3.05, 3.63) is 29.3 Å². The lowest BCUT2D eigenvalue weighted by Gasteiger charge is -2.34. The molecule has 2 rings (SSSR count). The zero-order valence-corrected chi connectivity index (χ0v) is 14.2. The molecular formula is C18H30N2O. The van der Waals surface area contributed by atoms with Crippen LogP contribution in [0.5, 0.6) is 0 Å². The van der Waals surface area contributed by atoms with E-state index >= 15 is 0 Å². The van der Waals surface area contributed by atoms with E-state index in [0.717, 1.165) is 32.5 Å². The quantitative estimate of drug-likeness (QED) is 0.918. The van der Waals surface area contributed by atoms with E-state index in [0.29, 0.717) is 6.10 Å². The molecular weight excluding hydrogens is 260 g/mol. The molecule has 0 atom stereocenters. The summed E-state index contributed by atoms with van der Waals surface area (Å²) in [6, 6.07) is 6.82. The number of methoxy groups -OCH3 is 1. The molecule has 1 fully saturated rings. The second-order valence-corrected chi connectivity index (χ2v) is 7.16. The Morgan fingerprint density at radius 2 is 1.90 bits per heavy atom. The average Bonchev–Trinajstić information content (AvgIpc) is 2.45. The molecule has 0 spiro atoms. The van der Waals surface area contributed by atoms with Crippen LogP contribution in [0.3, 0.4) is 0 Å². The van der Waals surface area contributed by atoms with E-state index in [1.807, 2.05) is 7.11 Å². The van der Waals surface area contributed by atoms with E-state index in [-0.39, 0.29) is 5.54 Å². The molecule has 118 valence electrons. The molecule has 1 heterocycles. The summed E-state index contributed by atoms with van der Waals surface area (Å²) in [6.07, 6.45) is 2.68. The highest BCUT2D eigenvalue weighted by Gasteiger charge is 2.21. The Bertz CT molecular complexity index is 457. The first-order valence-corrected chi connectivity index (χ1v) is 8.01. The highest BCUT2D eigenvalue weighted by molar-refractivity contribution is 5.55. The summed E-state index contributed by atoms with van der Waals surface area (Å²) in [4.78, 5) is 2.51. The van der Waals surface area contributed by atoms with Gasteiger partial charge in [0.2, 0.25) is 0 Å². The van der Waals surface area contributed by atoms with Crippen LogP contribution in [-0.2, 0) is 11.3 Å². The van der Waals surface area contributed by atoms with Crippen molar-refractivity contribution in [3.8, 4) is 0 Å². The molecule has 1 aliphatic heterocycles. The van der Waals surface area contributed by atoms with Gasteiger partial charge in [-0.15, -0.1) is 0 Å². The molecule has 1 aromatic carbocycles. The zero-order chi connectivity index (χ0) is 15.5. The van der Waals surface area contributed by atoms with Gasteiger partial charge in [0, 0.05) is 38.0 Å². The van der Waals surface area contributed by atoms with Gasteiger partial charge in [-0.25, -0.2) is 0 Å². The lowest BCUT2D eigenvalue weighted by atomic mass is 10.0. The van der Waals surface area contributed by atoms with E-state index in [2.05, 4.69) is 56.1 Å². The van der Waals surface area contributed by atoms with Crippen molar-refractivity contribution in [2.24, 2.45) is 0 Å². The second kappa shape index (κ2) is 6.80. The Balaban J connectivity index is 2.11. The van der Waals surface area contributed by atoms with Crippen molar-refractivity contribution in [2.75, 3.05) is 25.1 Å². The molecule has 1 saturated heterocycles. The van der Waals surface area contributed by atoms with Gasteiger partial charge in [-0.05, 0) is 52.2 Å². The summed E-state index contributed by atoms with van der Waals surface area (Å²) in [6.45, 7) is 11.9. The minimum absolute atomic E-state index is 0.143. The van der Waals surface area contributed by atoms with Crippen molar-refractivity contribution in [3.63, 3.8) is 0 Å². The first kappa shape index (κ1) is 16.3. The minimum atomic E-state index is 0.143. The molecule has 0 saturated carbocycles. The number of ether oxygens (including phenoxy) is 1. The van der Waals surface area contributed by atoms with Crippen LogP contribution in [0.1, 0.15) is 44.7 Å². The molecule has 0 aromatic heterocycles. The number of hydrogen-bond donors (Lipinski definition) is 1. The second-order valence-electron chi connectivity index (χ2n) is 7.16. The van der Waals surface area contributed by atoms with Gasteiger partial charge >= 0.3 is 0 Å². The molecule has 0 unspecified atom stereocenters. The lowest BCUT2D eigenvalue weighted by Crippen LogP contribution is -2.38. The first-order chi connectivity index (χ1) is 9.89. The molecule has 3 nitrogen and oxygen atoms in total. The van der Waals surface area contributed by atoms with Crippen molar-refractivity contribution in [2.45, 2.75) is 58.7 Å². The molecule has 3 heteroatoms. The van der Waals surface area contributed by atoms with Crippen LogP contribution in [0, 0.1) is 6.92 Å². The predicted octanol–water partition coefficient (Wildman–Crippen LogP) is 3.50. The summed E-state index contributed by atoms with van der Waals surface area (Å²) in [5, 5.41) is 3.61. The number of benzene rings is 1. The fourth-order valence-corrected chi connectivity index (χ4v) is 2.86. The summed E-state index contributed by atoms with van der Waals surface area (Å²) >= 11 is 0. The fourth-order valence-electron chi connectivity index (χ4n) is 2.86. The molecule has 1 aromatic rings. The number of piperidine rings is 1. The third kappa shape index (κ3) is 4.72. The van der Waals surface area contributed by atoms with Crippen molar-refractivity contribution in [1.82, 2.24) is 5.32 Å². The number of nitrogens with zero attached hydrogens (tertiary/aromatic N) is 1. The highest BCUT2D eigenvalue weighted by atomic mass is 16.5. The maximum absolute atomic E-state index is 5.48. The zero-order valence-electron chi connectivity index (χ0n) is 14.2. The summed E-state index contributed by atoms with van der Waals surface area (Å²) < 4.78 is 5.48. The van der Waals surface area contributed by atoms with Gasteiger partial charge in [0.25, 0.3) is 0 Å². The van der Waals surface area contributed by atoms with Gasteiger partial charge in [-0.1, -0.05) is 17.7 Å². The molecule has 0 bridgehead atoms. The summed E-state index contributed by atoms with van der Waals surface area (Å²) in [5.41, 5.74) is 4.26. The Hall–Kier alpha value is -1.06. The molecule has 0 amide bonds. The molecule has 0 radical (unpaired) electrons. The van der Waals surface area contributed by atoms with Crippen LogP contribution in [0.2, 0.25) is 0 Å². The Morgan fingerprint density at radius 3 is 2.48 bits per heavy atom. The van der Waals surface area contributed by atoms with Crippen LogP contribution in [0.25, 0.3) is 0 Å². The highest BCUT2D eigenvalue weighted by Crippen LogP contribution is 2.26. The molecule has 1 aliphatic rings. The number of nitrogens with one attached hydrogen (secondary N) is 1. The Morgan fingerprint density at radius 1 is 1.24 bits per heavy atom. The van der Waals surface area contributed by atoms with Crippen LogP contribution >= 0.6 is 0 Å². The molecule has 1 N–H and O–H groups in total. The van der Waals surface area contributed by atoms with Crippen molar-refractivity contribution in [1.29, 1.82) is 0 Å². The molecule has 21 heavy (non-hydrogen) atoms. The number of hydrogen-bond acceptors (Lipinski definition) is 3. The van der Waals surface area contributed by atoms with Gasteiger partial charge in [0.05, 0.1) is 6.10 Å². The fraction of sp³-hybridized carbons (Fsp3) is 0.667. The average molecular weight is 290 g/mol. The van der Waals surface area contributed by atoms with E-state index in [9.17, 15) is 0 Å². The maximum atomic E-state index is 5.48. The lowest BCUT2D eigenvalue weighted by molar-refractivity contribution is 0.0819. The maximum Gasteiger partial charge on any atom is 0.0605 e. The Kier molecular flexibility index (Phi) is 5.28. The smallest absolute Gasteiger partial charge is 0.0605 e. The van der Waals surface area contributed by atoms with Crippen molar-refractivity contribution >= 4 is 5.69 Å². The van der Waals surface area contributed by atoms with Gasteiger partial charge < -0.3 is 15.0 Å².